The van der Waals surface area contributed by atoms with Gasteiger partial charge < -0.3 is 0 Å². The van der Waals surface area contributed by atoms with Gasteiger partial charge in [-0.3, -0.25) is 0 Å². The molecule has 0 saturated carbocycles. The molecule has 0 nitrogen and oxygen atoms in total. The summed E-state index contributed by atoms with van der Waals surface area (Å²) in [6, 6.07) is 35.4. The molecule has 0 amide bonds. The molecule has 5 aromatic carbocycles. The van der Waals surface area contributed by atoms with Gasteiger partial charge in [0.2, 0.25) is 0 Å². The molecule has 5 aromatic rings. The molecule has 1 aliphatic rings. The molecule has 0 radical (unpaired) electrons. The van der Waals surface area contributed by atoms with Gasteiger partial charge in [-0.05, 0) is 46.7 Å². The Morgan fingerprint density at radius 2 is 1.31 bits per heavy atom. The fraction of sp³-hybridized carbons (Fsp3) is 0.147. The van der Waals surface area contributed by atoms with E-state index in [4.69, 9.17) is 0 Å². The molecule has 170 valence electrons. The second-order valence-electron chi connectivity index (χ2n) is 9.57. The standard InChI is InChI=1S/C34H29.Hf/c1-23-13-19-29(25-9-5-3-6-10-25)31-21-17-27(33(23)31)15-16-28-18-22-32-30(20-14-24(2)34(28)32)26-11-7-4-8-12-26;/h3-14,17-22,27H,15-16H2,1-2H3;/q-1;. The van der Waals surface area contributed by atoms with E-state index in [2.05, 4.69) is 123 Å². The normalized spacial score (nSPS) is 14.2. The zero-order valence-corrected chi connectivity index (χ0v) is 24.0. The van der Waals surface area contributed by atoms with Gasteiger partial charge in [0.25, 0.3) is 0 Å². The maximum Gasteiger partial charge on any atom is 0.00258 e. The quantitative estimate of drug-likeness (QED) is 0.137. The molecular weight excluding hydrogens is 587 g/mol. The van der Waals surface area contributed by atoms with E-state index in [1.807, 2.05) is 0 Å². The van der Waals surface area contributed by atoms with E-state index in [1.54, 1.807) is 0 Å². The Morgan fingerprint density at radius 3 is 2.03 bits per heavy atom. The molecule has 0 saturated heterocycles. The smallest absolute Gasteiger partial charge is 0.00258 e. The van der Waals surface area contributed by atoms with E-state index in [0.29, 0.717) is 5.92 Å². The van der Waals surface area contributed by atoms with Crippen LogP contribution in [0.5, 0.6) is 0 Å². The maximum atomic E-state index is 2.43. The zero-order valence-electron chi connectivity index (χ0n) is 20.4. The van der Waals surface area contributed by atoms with Gasteiger partial charge in [-0.2, -0.15) is 6.07 Å². The Bertz CT molecular complexity index is 1500. The summed E-state index contributed by atoms with van der Waals surface area (Å²) in [6.07, 6.45) is 7.01. The van der Waals surface area contributed by atoms with Crippen molar-refractivity contribution < 1.29 is 25.8 Å². The van der Waals surface area contributed by atoms with E-state index in [9.17, 15) is 0 Å². The van der Waals surface area contributed by atoms with Gasteiger partial charge in [0.1, 0.15) is 0 Å². The molecule has 0 spiro atoms. The zero-order chi connectivity index (χ0) is 23.1. The summed E-state index contributed by atoms with van der Waals surface area (Å²) in [6.45, 7) is 4.52. The molecular formula is C34H29Hf-. The van der Waals surface area contributed by atoms with E-state index < -0.39 is 0 Å². The number of fused-ring (bicyclic) bond motifs is 2. The fourth-order valence-corrected chi connectivity index (χ4v) is 5.82. The van der Waals surface area contributed by atoms with Crippen LogP contribution in [0.1, 0.15) is 40.2 Å². The third-order valence-corrected chi connectivity index (χ3v) is 7.49. The average Bonchev–Trinajstić information content (AvgIpc) is 3.50. The maximum absolute atomic E-state index is 2.43. The van der Waals surface area contributed by atoms with Gasteiger partial charge in [-0.1, -0.05) is 110 Å². The number of hydrogen-bond acceptors (Lipinski definition) is 0. The molecule has 1 atom stereocenters. The number of rotatable bonds is 5. The minimum Gasteiger partial charge on any atom is -0.167 e. The molecule has 0 heterocycles. The van der Waals surface area contributed by atoms with Crippen LogP contribution in [0, 0.1) is 13.8 Å². The van der Waals surface area contributed by atoms with Gasteiger partial charge >= 0.3 is 0 Å². The number of benzene rings is 4. The molecule has 35 heavy (non-hydrogen) atoms. The largest absolute Gasteiger partial charge is 0.167 e. The van der Waals surface area contributed by atoms with Crippen molar-refractivity contribution in [1.29, 1.82) is 0 Å². The van der Waals surface area contributed by atoms with Crippen LogP contribution in [0.4, 0.5) is 0 Å². The van der Waals surface area contributed by atoms with Crippen LogP contribution in [0.3, 0.4) is 0 Å². The summed E-state index contributed by atoms with van der Waals surface area (Å²) in [4.78, 5) is 0. The molecule has 1 heteroatoms. The Balaban J connectivity index is 0.00000253. The second-order valence-corrected chi connectivity index (χ2v) is 9.57. The Morgan fingerprint density at radius 1 is 0.686 bits per heavy atom. The molecule has 0 bridgehead atoms. The first kappa shape index (κ1) is 23.8. The van der Waals surface area contributed by atoms with Crippen LogP contribution in [0.2, 0.25) is 0 Å². The van der Waals surface area contributed by atoms with Gasteiger partial charge in [0.05, 0.1) is 0 Å². The van der Waals surface area contributed by atoms with Crippen molar-refractivity contribution in [2.75, 3.05) is 0 Å². The van der Waals surface area contributed by atoms with Gasteiger partial charge in [-0.15, -0.1) is 34.0 Å². The van der Waals surface area contributed by atoms with Crippen LogP contribution in [-0.2, 0) is 32.3 Å². The molecule has 0 aromatic heterocycles. The predicted octanol–water partition coefficient (Wildman–Crippen LogP) is 9.25. The number of hydrogen-bond donors (Lipinski definition) is 0. The monoisotopic (exact) mass is 617 g/mol. The van der Waals surface area contributed by atoms with Crippen LogP contribution in [0.15, 0.2) is 103 Å². The van der Waals surface area contributed by atoms with Crippen molar-refractivity contribution in [3.8, 4) is 22.3 Å². The first-order valence-electron chi connectivity index (χ1n) is 12.3. The second kappa shape index (κ2) is 9.99. The average molecular weight is 616 g/mol. The van der Waals surface area contributed by atoms with Crippen molar-refractivity contribution in [2.45, 2.75) is 32.6 Å². The minimum atomic E-state index is 0. The summed E-state index contributed by atoms with van der Waals surface area (Å²) in [7, 11) is 0. The Labute approximate surface area is 227 Å². The van der Waals surface area contributed by atoms with Crippen molar-refractivity contribution in [3.63, 3.8) is 0 Å². The summed E-state index contributed by atoms with van der Waals surface area (Å²) < 4.78 is 0. The van der Waals surface area contributed by atoms with E-state index in [0.717, 1.165) is 12.8 Å². The molecule has 1 unspecified atom stereocenters. The summed E-state index contributed by atoms with van der Waals surface area (Å²) in [5.74, 6) is 0.473. The summed E-state index contributed by atoms with van der Waals surface area (Å²) >= 11 is 0. The summed E-state index contributed by atoms with van der Waals surface area (Å²) in [5.41, 5.74) is 12.5. The van der Waals surface area contributed by atoms with Crippen LogP contribution >= 0.6 is 0 Å². The van der Waals surface area contributed by atoms with Gasteiger partial charge in [0, 0.05) is 31.8 Å². The number of allylic oxidation sites excluding steroid dienone is 1. The van der Waals surface area contributed by atoms with Gasteiger partial charge in [0.15, 0.2) is 0 Å². The van der Waals surface area contributed by atoms with E-state index in [1.165, 1.54) is 60.8 Å². The SMILES string of the molecule is Cc1ccc(-c2ccccc2)c2c1C(CC[c-]1ccc3c(-c4ccccc4)ccc(C)c31)C=C2.[Hf]. The number of aryl methyl sites for hydroxylation is 3. The topological polar surface area (TPSA) is 0 Å². The predicted molar refractivity (Wildman–Crippen MR) is 146 cm³/mol. The summed E-state index contributed by atoms with van der Waals surface area (Å²) in [5, 5.41) is 2.82. The molecule has 0 N–H and O–H groups in total. The first-order chi connectivity index (χ1) is 16.7. The molecule has 6 rings (SSSR count). The van der Waals surface area contributed by atoms with Crippen LogP contribution in [-0.4, -0.2) is 0 Å². The van der Waals surface area contributed by atoms with Crippen LogP contribution < -0.4 is 0 Å². The van der Waals surface area contributed by atoms with Crippen molar-refractivity contribution in [3.05, 3.63) is 131 Å². The molecule has 1 aliphatic carbocycles. The Kier molecular flexibility index (Phi) is 6.80. The third-order valence-electron chi connectivity index (χ3n) is 7.49. The van der Waals surface area contributed by atoms with Crippen molar-refractivity contribution in [1.82, 2.24) is 0 Å². The van der Waals surface area contributed by atoms with E-state index >= 15 is 0 Å². The van der Waals surface area contributed by atoms with Crippen molar-refractivity contribution in [2.24, 2.45) is 0 Å². The molecule has 0 aliphatic heterocycles. The fourth-order valence-electron chi connectivity index (χ4n) is 5.82. The van der Waals surface area contributed by atoms with Crippen molar-refractivity contribution >= 4 is 16.8 Å². The first-order valence-corrected chi connectivity index (χ1v) is 12.3. The van der Waals surface area contributed by atoms with E-state index in [-0.39, 0.29) is 25.8 Å². The minimum absolute atomic E-state index is 0. The third kappa shape index (κ3) is 4.32. The molecule has 0 fully saturated rings. The Hall–Kier alpha value is -2.90. The van der Waals surface area contributed by atoms with Gasteiger partial charge in [-0.25, -0.2) is 0 Å². The van der Waals surface area contributed by atoms with Crippen LogP contribution in [0.25, 0.3) is 39.1 Å².